The molecule has 2 aromatic carbocycles. The molecule has 3 nitrogen and oxygen atoms in total. The molecule has 1 amide bonds. The molecule has 3 rings (SSSR count). The van der Waals surface area contributed by atoms with Crippen molar-refractivity contribution in [1.82, 2.24) is 0 Å². The van der Waals surface area contributed by atoms with Crippen LogP contribution in [0.15, 0.2) is 36.4 Å². The van der Waals surface area contributed by atoms with Gasteiger partial charge in [-0.15, -0.1) is 0 Å². The minimum Gasteiger partial charge on any atom is -0.325 e. The maximum absolute atomic E-state index is 12.3. The maximum Gasteiger partial charge on any atom is 0.232 e. The van der Waals surface area contributed by atoms with E-state index in [0.29, 0.717) is 0 Å². The number of rotatable bonds is 4. The second kappa shape index (κ2) is 6.17. The number of carbonyl (C=O) groups excluding carboxylic acids is 1. The number of anilines is 1. The smallest absolute Gasteiger partial charge is 0.232 e. The van der Waals surface area contributed by atoms with Gasteiger partial charge in [-0.3, -0.25) is 4.79 Å². The van der Waals surface area contributed by atoms with Crippen molar-refractivity contribution < 1.29 is 4.79 Å². The van der Waals surface area contributed by atoms with E-state index in [1.54, 1.807) is 0 Å². The molecular formula is C20H24N2O. The molecule has 3 N–H and O–H groups in total. The van der Waals surface area contributed by atoms with E-state index < -0.39 is 0 Å². The number of hydrogen-bond donors (Lipinski definition) is 2. The topological polar surface area (TPSA) is 55.1 Å². The van der Waals surface area contributed by atoms with Gasteiger partial charge < -0.3 is 11.1 Å². The van der Waals surface area contributed by atoms with Crippen LogP contribution >= 0.6 is 0 Å². The molecule has 0 spiro atoms. The molecule has 23 heavy (non-hydrogen) atoms. The number of nitrogens with one attached hydrogen (secondary N) is 1. The van der Waals surface area contributed by atoms with Crippen molar-refractivity contribution in [2.24, 2.45) is 5.73 Å². The lowest BCUT2D eigenvalue weighted by Gasteiger charge is -2.19. The molecule has 1 aliphatic heterocycles. The standard InChI is InChI=1S/C20H24N2O/c1-4-13-10-16-15(5-2)20(23)22-19(16)17(11-13)18(21)14-8-6-7-12(3)9-14/h6-11,15,18H,4-5,21H2,1-3H3,(H,22,23). The molecule has 0 bridgehead atoms. The second-order valence-corrected chi connectivity index (χ2v) is 6.34. The summed E-state index contributed by atoms with van der Waals surface area (Å²) in [6.45, 7) is 6.25. The average Bonchev–Trinajstić information content (AvgIpc) is 2.88. The molecule has 0 saturated carbocycles. The lowest BCUT2D eigenvalue weighted by molar-refractivity contribution is -0.117. The summed E-state index contributed by atoms with van der Waals surface area (Å²) in [6, 6.07) is 12.3. The molecule has 0 fully saturated rings. The molecule has 3 heteroatoms. The van der Waals surface area contributed by atoms with Crippen molar-refractivity contribution in [3.8, 4) is 0 Å². The van der Waals surface area contributed by atoms with Crippen molar-refractivity contribution >= 4 is 11.6 Å². The first-order valence-corrected chi connectivity index (χ1v) is 8.34. The van der Waals surface area contributed by atoms with Gasteiger partial charge in [0.25, 0.3) is 0 Å². The summed E-state index contributed by atoms with van der Waals surface area (Å²) in [7, 11) is 0. The van der Waals surface area contributed by atoms with Crippen LogP contribution in [0.5, 0.6) is 0 Å². The first kappa shape index (κ1) is 15.8. The third-order valence-electron chi connectivity index (χ3n) is 4.75. The highest BCUT2D eigenvalue weighted by molar-refractivity contribution is 6.04. The molecule has 0 saturated heterocycles. The Morgan fingerprint density at radius 1 is 1.22 bits per heavy atom. The zero-order valence-electron chi connectivity index (χ0n) is 14.0. The molecule has 0 radical (unpaired) electrons. The quantitative estimate of drug-likeness (QED) is 0.895. The Balaban J connectivity index is 2.13. The SMILES string of the molecule is CCc1cc2c(c(C(N)c3cccc(C)c3)c1)NC(=O)C2CC. The fourth-order valence-electron chi connectivity index (χ4n) is 3.42. The van der Waals surface area contributed by atoms with Crippen LogP contribution in [-0.2, 0) is 11.2 Å². The predicted molar refractivity (Wildman–Crippen MR) is 94.7 cm³/mol. The molecule has 1 heterocycles. The number of benzene rings is 2. The van der Waals surface area contributed by atoms with Crippen LogP contribution in [0.4, 0.5) is 5.69 Å². The minimum absolute atomic E-state index is 0.0556. The molecule has 0 aromatic heterocycles. The second-order valence-electron chi connectivity index (χ2n) is 6.34. The fraction of sp³-hybridized carbons (Fsp3) is 0.350. The molecule has 2 atom stereocenters. The zero-order valence-corrected chi connectivity index (χ0v) is 14.0. The Kier molecular flexibility index (Phi) is 4.22. The lowest BCUT2D eigenvalue weighted by Crippen LogP contribution is -2.15. The Morgan fingerprint density at radius 2 is 2.00 bits per heavy atom. The number of amides is 1. The van der Waals surface area contributed by atoms with Gasteiger partial charge in [-0.1, -0.05) is 55.8 Å². The van der Waals surface area contributed by atoms with Crippen LogP contribution in [-0.4, -0.2) is 5.91 Å². The predicted octanol–water partition coefficient (Wildman–Crippen LogP) is 4.05. The van der Waals surface area contributed by atoms with Crippen LogP contribution in [0.1, 0.15) is 60.0 Å². The first-order chi connectivity index (χ1) is 11.0. The van der Waals surface area contributed by atoms with Crippen LogP contribution < -0.4 is 11.1 Å². The lowest BCUT2D eigenvalue weighted by atomic mass is 9.89. The van der Waals surface area contributed by atoms with E-state index in [4.69, 9.17) is 5.73 Å². The van der Waals surface area contributed by atoms with Crippen molar-refractivity contribution in [1.29, 1.82) is 0 Å². The summed E-state index contributed by atoms with van der Waals surface area (Å²) in [5.74, 6) is 0.0356. The van der Waals surface area contributed by atoms with Crippen molar-refractivity contribution in [3.63, 3.8) is 0 Å². The third-order valence-corrected chi connectivity index (χ3v) is 4.75. The Morgan fingerprint density at radius 3 is 2.65 bits per heavy atom. The normalized spacial score (nSPS) is 17.7. The molecule has 1 aliphatic rings. The maximum atomic E-state index is 12.3. The van der Waals surface area contributed by atoms with E-state index >= 15 is 0 Å². The summed E-state index contributed by atoms with van der Waals surface area (Å²) < 4.78 is 0. The van der Waals surface area contributed by atoms with E-state index in [2.05, 4.69) is 56.4 Å². The van der Waals surface area contributed by atoms with Crippen molar-refractivity contribution in [2.75, 3.05) is 5.32 Å². The number of aryl methyl sites for hydroxylation is 2. The monoisotopic (exact) mass is 308 g/mol. The summed E-state index contributed by atoms with van der Waals surface area (Å²) in [6.07, 6.45) is 1.75. The largest absolute Gasteiger partial charge is 0.325 e. The Bertz CT molecular complexity index is 751. The van der Waals surface area contributed by atoms with Gasteiger partial charge in [0.05, 0.1) is 12.0 Å². The fourth-order valence-corrected chi connectivity index (χ4v) is 3.42. The van der Waals surface area contributed by atoms with E-state index in [0.717, 1.165) is 35.2 Å². The van der Waals surface area contributed by atoms with Gasteiger partial charge >= 0.3 is 0 Å². The number of carbonyl (C=O) groups is 1. The van der Waals surface area contributed by atoms with E-state index in [1.165, 1.54) is 11.1 Å². The zero-order chi connectivity index (χ0) is 16.6. The average molecular weight is 308 g/mol. The van der Waals surface area contributed by atoms with E-state index in [1.807, 2.05) is 6.07 Å². The van der Waals surface area contributed by atoms with Gasteiger partial charge in [0.2, 0.25) is 5.91 Å². The molecule has 2 unspecified atom stereocenters. The summed E-state index contributed by atoms with van der Waals surface area (Å²) in [4.78, 5) is 12.3. The third kappa shape index (κ3) is 2.77. The van der Waals surface area contributed by atoms with Crippen LogP contribution in [0, 0.1) is 6.92 Å². The van der Waals surface area contributed by atoms with Crippen molar-refractivity contribution in [3.05, 3.63) is 64.2 Å². The van der Waals surface area contributed by atoms with Gasteiger partial charge in [-0.05, 0) is 42.0 Å². The Labute approximate surface area is 137 Å². The van der Waals surface area contributed by atoms with Gasteiger partial charge in [0, 0.05) is 5.69 Å². The van der Waals surface area contributed by atoms with Crippen LogP contribution in [0.3, 0.4) is 0 Å². The van der Waals surface area contributed by atoms with E-state index in [9.17, 15) is 4.79 Å². The highest BCUT2D eigenvalue weighted by Gasteiger charge is 2.32. The minimum atomic E-state index is -0.231. The molecule has 120 valence electrons. The molecule has 2 aromatic rings. The van der Waals surface area contributed by atoms with Gasteiger partial charge in [-0.25, -0.2) is 0 Å². The summed E-state index contributed by atoms with van der Waals surface area (Å²) in [5, 5.41) is 3.06. The van der Waals surface area contributed by atoms with E-state index in [-0.39, 0.29) is 17.9 Å². The molecule has 0 aliphatic carbocycles. The van der Waals surface area contributed by atoms with Gasteiger partial charge in [0.1, 0.15) is 0 Å². The molecular weight excluding hydrogens is 284 g/mol. The first-order valence-electron chi connectivity index (χ1n) is 8.34. The number of hydrogen-bond acceptors (Lipinski definition) is 2. The van der Waals surface area contributed by atoms with Gasteiger partial charge in [-0.2, -0.15) is 0 Å². The van der Waals surface area contributed by atoms with Crippen LogP contribution in [0.2, 0.25) is 0 Å². The summed E-state index contributed by atoms with van der Waals surface area (Å²) >= 11 is 0. The number of nitrogens with two attached hydrogens (primary N) is 1. The number of fused-ring (bicyclic) bond motifs is 1. The summed E-state index contributed by atoms with van der Waals surface area (Å²) in [5.41, 5.74) is 13.1. The van der Waals surface area contributed by atoms with Gasteiger partial charge in [0.15, 0.2) is 0 Å². The highest BCUT2D eigenvalue weighted by Crippen LogP contribution is 2.41. The Hall–Kier alpha value is -2.13. The van der Waals surface area contributed by atoms with Crippen molar-refractivity contribution in [2.45, 2.75) is 45.6 Å². The highest BCUT2D eigenvalue weighted by atomic mass is 16.2. The van der Waals surface area contributed by atoms with Crippen LogP contribution in [0.25, 0.3) is 0 Å².